The molecule has 1 aliphatic heterocycles. The van der Waals surface area contributed by atoms with E-state index in [-0.39, 0.29) is 12.3 Å². The average Bonchev–Trinajstić information content (AvgIpc) is 3.18. The summed E-state index contributed by atoms with van der Waals surface area (Å²) in [6.45, 7) is 10.9. The lowest BCUT2D eigenvalue weighted by molar-refractivity contribution is -0.117. The zero-order chi connectivity index (χ0) is 22.7. The van der Waals surface area contributed by atoms with Crippen molar-refractivity contribution < 1.29 is 4.79 Å². The van der Waals surface area contributed by atoms with E-state index in [1.807, 2.05) is 0 Å². The molecule has 1 atom stereocenters. The Morgan fingerprint density at radius 1 is 0.968 bits per heavy atom. The van der Waals surface area contributed by atoms with Gasteiger partial charge in [0, 0.05) is 5.69 Å². The largest absolute Gasteiger partial charge is 0.325 e. The van der Waals surface area contributed by atoms with Crippen molar-refractivity contribution in [1.29, 1.82) is 0 Å². The smallest absolute Gasteiger partial charge is 0.228 e. The van der Waals surface area contributed by atoms with Crippen LogP contribution in [-0.2, 0) is 4.79 Å². The molecule has 6 nitrogen and oxygen atoms in total. The maximum absolute atomic E-state index is 13.1. The molecule has 174 valence electrons. The van der Waals surface area contributed by atoms with Crippen LogP contribution in [0.15, 0.2) is 28.5 Å². The van der Waals surface area contributed by atoms with Crippen molar-refractivity contribution in [3.05, 3.63) is 29.3 Å². The number of para-hydroxylation sites is 1. The van der Waals surface area contributed by atoms with Gasteiger partial charge in [0.25, 0.3) is 0 Å². The maximum atomic E-state index is 13.1. The molecule has 1 aliphatic rings. The third-order valence-corrected chi connectivity index (χ3v) is 6.11. The molecule has 0 saturated carbocycles. The van der Waals surface area contributed by atoms with Gasteiger partial charge in [-0.25, -0.2) is 5.53 Å². The molecular formula is C25H43N5O. The highest BCUT2D eigenvalue weighted by Crippen LogP contribution is 2.33. The van der Waals surface area contributed by atoms with Crippen molar-refractivity contribution in [2.24, 2.45) is 10.3 Å². The third kappa shape index (κ3) is 7.91. The van der Waals surface area contributed by atoms with Gasteiger partial charge in [-0.05, 0) is 35.8 Å². The minimum atomic E-state index is -0.656. The summed E-state index contributed by atoms with van der Waals surface area (Å²) in [5.41, 5.74) is 8.54. The number of nitrogens with zero attached hydrogens (tertiary/aromatic N) is 2. The molecule has 1 unspecified atom stereocenters. The molecule has 3 N–H and O–H groups in total. The topological polar surface area (TPSA) is 77.9 Å². The molecule has 6 heteroatoms. The van der Waals surface area contributed by atoms with Crippen LogP contribution >= 0.6 is 0 Å². The van der Waals surface area contributed by atoms with Crippen molar-refractivity contribution in [3.8, 4) is 0 Å². The molecule has 0 bridgehead atoms. The van der Waals surface area contributed by atoms with Crippen LogP contribution in [0.5, 0.6) is 0 Å². The Labute approximate surface area is 189 Å². The quantitative estimate of drug-likeness (QED) is 0.280. The molecule has 0 fully saturated rings. The Hall–Kier alpha value is -1.95. The summed E-state index contributed by atoms with van der Waals surface area (Å²) in [4.78, 5) is 13.1. The van der Waals surface area contributed by atoms with Gasteiger partial charge in [0.2, 0.25) is 5.91 Å². The van der Waals surface area contributed by atoms with Gasteiger partial charge in [0.1, 0.15) is 0 Å². The molecule has 1 amide bonds. The molecule has 31 heavy (non-hydrogen) atoms. The molecule has 1 aromatic carbocycles. The first kappa shape index (κ1) is 25.3. The number of carbonyl (C=O) groups is 1. The first-order chi connectivity index (χ1) is 14.9. The summed E-state index contributed by atoms with van der Waals surface area (Å²) in [5.74, 6) is 0.655. The predicted octanol–water partition coefficient (Wildman–Crippen LogP) is 6.96. The lowest BCUT2D eigenvalue weighted by atomic mass is 9.92. The molecular weight excluding hydrogens is 386 g/mol. The molecule has 1 heterocycles. The molecule has 0 aromatic heterocycles. The first-order valence-electron chi connectivity index (χ1n) is 12.2. The molecule has 2 rings (SSSR count). The van der Waals surface area contributed by atoms with E-state index in [0.29, 0.717) is 11.8 Å². The van der Waals surface area contributed by atoms with E-state index in [0.717, 1.165) is 18.5 Å². The average molecular weight is 430 g/mol. The highest BCUT2D eigenvalue weighted by Gasteiger charge is 2.35. The zero-order valence-electron chi connectivity index (χ0n) is 20.3. The number of nitrogens with one attached hydrogen (secondary N) is 3. The minimum absolute atomic E-state index is 0.0234. The number of rotatable bonds is 14. The number of unbranched alkanes of at least 4 members (excludes halogenated alkanes) is 7. The van der Waals surface area contributed by atoms with Crippen LogP contribution in [0, 0.1) is 0 Å². The van der Waals surface area contributed by atoms with Gasteiger partial charge in [-0.1, -0.05) is 103 Å². The van der Waals surface area contributed by atoms with E-state index >= 15 is 0 Å². The van der Waals surface area contributed by atoms with Crippen molar-refractivity contribution in [3.63, 3.8) is 0 Å². The van der Waals surface area contributed by atoms with Crippen LogP contribution in [0.1, 0.15) is 122 Å². The Morgan fingerprint density at radius 3 is 2.06 bits per heavy atom. The van der Waals surface area contributed by atoms with Gasteiger partial charge in [-0.15, -0.1) is 5.11 Å². The van der Waals surface area contributed by atoms with Gasteiger partial charge in [0.15, 0.2) is 5.66 Å². The van der Waals surface area contributed by atoms with Crippen molar-refractivity contribution in [2.75, 3.05) is 5.32 Å². The van der Waals surface area contributed by atoms with E-state index in [1.54, 1.807) is 0 Å². The number of benzene rings is 1. The van der Waals surface area contributed by atoms with Crippen molar-refractivity contribution in [2.45, 2.75) is 116 Å². The standard InChI is InChI=1S/C25H43N5O/c1-6-7-8-9-10-11-12-13-17-25(27-29-30-28-25)18-23(31)26-24-21(19(2)3)15-14-16-22(24)20(4)5/h14-16,19-20H,6-13,17-18H2,1-5H3,(H,26,31)(H,27,30)(H,28,29). The second kappa shape index (κ2) is 12.8. The fourth-order valence-electron chi connectivity index (χ4n) is 4.25. The van der Waals surface area contributed by atoms with Gasteiger partial charge in [-0.3, -0.25) is 4.79 Å². The van der Waals surface area contributed by atoms with Gasteiger partial charge in [0.05, 0.1) is 6.42 Å². The number of hydrogen-bond acceptors (Lipinski definition) is 5. The Morgan fingerprint density at radius 2 is 1.55 bits per heavy atom. The van der Waals surface area contributed by atoms with E-state index in [4.69, 9.17) is 0 Å². The summed E-state index contributed by atoms with van der Waals surface area (Å²) in [7, 11) is 0. The first-order valence-corrected chi connectivity index (χ1v) is 12.2. The summed E-state index contributed by atoms with van der Waals surface area (Å²) in [5, 5.41) is 11.5. The van der Waals surface area contributed by atoms with Crippen LogP contribution in [-0.4, -0.2) is 11.6 Å². The van der Waals surface area contributed by atoms with Gasteiger partial charge < -0.3 is 5.32 Å². The monoisotopic (exact) mass is 429 g/mol. The second-order valence-electron chi connectivity index (χ2n) is 9.54. The second-order valence-corrected chi connectivity index (χ2v) is 9.54. The van der Waals surface area contributed by atoms with E-state index in [9.17, 15) is 4.79 Å². The lowest BCUT2D eigenvalue weighted by Gasteiger charge is -2.25. The Kier molecular flexibility index (Phi) is 10.4. The normalized spacial score (nSPS) is 18.0. The van der Waals surface area contributed by atoms with E-state index in [2.05, 4.69) is 79.4 Å². The number of carbonyl (C=O) groups excluding carboxylic acids is 1. The van der Waals surface area contributed by atoms with Crippen LogP contribution in [0.3, 0.4) is 0 Å². The summed E-state index contributed by atoms with van der Waals surface area (Å²) in [6, 6.07) is 6.30. The number of hydrazine groups is 1. The van der Waals surface area contributed by atoms with Crippen LogP contribution in [0.2, 0.25) is 0 Å². The van der Waals surface area contributed by atoms with Crippen molar-refractivity contribution in [1.82, 2.24) is 11.0 Å². The zero-order valence-corrected chi connectivity index (χ0v) is 20.3. The Bertz CT molecular complexity index is 690. The summed E-state index contributed by atoms with van der Waals surface area (Å²) >= 11 is 0. The third-order valence-electron chi connectivity index (χ3n) is 6.11. The molecule has 0 radical (unpaired) electrons. The van der Waals surface area contributed by atoms with Gasteiger partial charge in [-0.2, -0.15) is 5.43 Å². The van der Waals surface area contributed by atoms with Crippen LogP contribution < -0.4 is 16.3 Å². The van der Waals surface area contributed by atoms with Gasteiger partial charge >= 0.3 is 0 Å². The maximum Gasteiger partial charge on any atom is 0.228 e. The fourth-order valence-corrected chi connectivity index (χ4v) is 4.25. The van der Waals surface area contributed by atoms with E-state index in [1.165, 1.54) is 56.1 Å². The molecule has 0 aliphatic carbocycles. The van der Waals surface area contributed by atoms with E-state index < -0.39 is 5.66 Å². The summed E-state index contributed by atoms with van der Waals surface area (Å²) < 4.78 is 0. The number of amides is 1. The molecule has 1 aromatic rings. The highest BCUT2D eigenvalue weighted by atomic mass is 16.1. The van der Waals surface area contributed by atoms with Crippen LogP contribution in [0.25, 0.3) is 0 Å². The summed E-state index contributed by atoms with van der Waals surface area (Å²) in [6.07, 6.45) is 11.1. The fraction of sp³-hybridized carbons (Fsp3) is 0.720. The lowest BCUT2D eigenvalue weighted by Crippen LogP contribution is -2.46. The molecule has 0 saturated heterocycles. The van der Waals surface area contributed by atoms with Crippen LogP contribution in [0.4, 0.5) is 5.69 Å². The number of hydrogen-bond donors (Lipinski definition) is 3. The molecule has 0 spiro atoms. The Balaban J connectivity index is 1.94. The predicted molar refractivity (Wildman–Crippen MR) is 129 cm³/mol. The minimum Gasteiger partial charge on any atom is -0.325 e. The number of anilines is 1. The van der Waals surface area contributed by atoms with Crippen molar-refractivity contribution >= 4 is 11.6 Å². The highest BCUT2D eigenvalue weighted by molar-refractivity contribution is 5.93. The SMILES string of the molecule is CCCCCCCCCCC1(CC(=O)Nc2c(C(C)C)cccc2C(C)C)N=NNN1.